The van der Waals surface area contributed by atoms with Crippen molar-refractivity contribution in [3.8, 4) is 0 Å². The lowest BCUT2D eigenvalue weighted by Crippen LogP contribution is -2.29. The van der Waals surface area contributed by atoms with Crippen molar-refractivity contribution in [2.24, 2.45) is 5.84 Å². The van der Waals surface area contributed by atoms with Crippen molar-refractivity contribution < 1.29 is 4.39 Å². The van der Waals surface area contributed by atoms with Crippen molar-refractivity contribution >= 4 is 11.6 Å². The summed E-state index contributed by atoms with van der Waals surface area (Å²) in [5.41, 5.74) is 3.80. The first-order chi connectivity index (χ1) is 8.22. The van der Waals surface area contributed by atoms with Crippen LogP contribution in [-0.4, -0.2) is 4.98 Å². The third kappa shape index (κ3) is 2.61. The Balaban J connectivity index is 2.40. The summed E-state index contributed by atoms with van der Waals surface area (Å²) in [5.74, 6) is 5.15. The van der Waals surface area contributed by atoms with Crippen LogP contribution in [0.3, 0.4) is 0 Å². The first kappa shape index (κ1) is 12.0. The average molecular weight is 252 g/mol. The summed E-state index contributed by atoms with van der Waals surface area (Å²) in [6, 6.07) is 9.41. The van der Waals surface area contributed by atoms with Gasteiger partial charge in [0.2, 0.25) is 0 Å². The van der Waals surface area contributed by atoms with E-state index < -0.39 is 6.04 Å². The first-order valence-electron chi connectivity index (χ1n) is 5.04. The third-order valence-electron chi connectivity index (χ3n) is 2.47. The van der Waals surface area contributed by atoms with Gasteiger partial charge in [0.05, 0.1) is 6.04 Å². The van der Waals surface area contributed by atoms with Crippen LogP contribution in [0, 0.1) is 5.82 Å². The monoisotopic (exact) mass is 251 g/mol. The van der Waals surface area contributed by atoms with E-state index >= 15 is 0 Å². The fraction of sp³-hybridized carbons (Fsp3) is 0.0833. The number of hydrazine groups is 1. The molecule has 1 aromatic carbocycles. The molecular formula is C12H11ClFN3. The molecule has 3 nitrogen and oxygen atoms in total. The second-order valence-electron chi connectivity index (χ2n) is 3.54. The largest absolute Gasteiger partial charge is 0.271 e. The van der Waals surface area contributed by atoms with Crippen LogP contribution >= 0.6 is 11.6 Å². The van der Waals surface area contributed by atoms with Crippen molar-refractivity contribution in [2.75, 3.05) is 0 Å². The van der Waals surface area contributed by atoms with Crippen LogP contribution in [0.4, 0.5) is 4.39 Å². The topological polar surface area (TPSA) is 50.9 Å². The van der Waals surface area contributed by atoms with E-state index in [9.17, 15) is 4.39 Å². The van der Waals surface area contributed by atoms with E-state index in [4.69, 9.17) is 17.4 Å². The van der Waals surface area contributed by atoms with Crippen molar-refractivity contribution in [1.82, 2.24) is 10.4 Å². The van der Waals surface area contributed by atoms with Crippen LogP contribution in [0.15, 0.2) is 42.6 Å². The van der Waals surface area contributed by atoms with Gasteiger partial charge in [0.1, 0.15) is 11.0 Å². The summed E-state index contributed by atoms with van der Waals surface area (Å²) in [6.07, 6.45) is 1.57. The third-order valence-corrected chi connectivity index (χ3v) is 2.69. The predicted molar refractivity (Wildman–Crippen MR) is 64.8 cm³/mol. The molecule has 1 atom stereocenters. The first-order valence-corrected chi connectivity index (χ1v) is 5.42. The molecule has 0 bridgehead atoms. The molecule has 0 radical (unpaired) electrons. The molecule has 17 heavy (non-hydrogen) atoms. The van der Waals surface area contributed by atoms with Crippen LogP contribution in [0.25, 0.3) is 0 Å². The van der Waals surface area contributed by atoms with Crippen LogP contribution < -0.4 is 11.3 Å². The van der Waals surface area contributed by atoms with Crippen molar-refractivity contribution in [3.05, 3.63) is 64.7 Å². The molecule has 88 valence electrons. The molecule has 1 unspecified atom stereocenters. The van der Waals surface area contributed by atoms with E-state index in [2.05, 4.69) is 10.4 Å². The Bertz CT molecular complexity index is 501. The number of hydrogen-bond donors (Lipinski definition) is 2. The Kier molecular flexibility index (Phi) is 3.68. The fourth-order valence-electron chi connectivity index (χ4n) is 1.63. The number of aromatic nitrogens is 1. The van der Waals surface area contributed by atoms with Gasteiger partial charge in [0.15, 0.2) is 0 Å². The summed E-state index contributed by atoms with van der Waals surface area (Å²) in [5, 5.41) is 0.387. The highest BCUT2D eigenvalue weighted by Gasteiger charge is 2.16. The van der Waals surface area contributed by atoms with Gasteiger partial charge in [-0.1, -0.05) is 35.9 Å². The zero-order valence-electron chi connectivity index (χ0n) is 8.90. The van der Waals surface area contributed by atoms with Gasteiger partial charge in [-0.3, -0.25) is 5.84 Å². The van der Waals surface area contributed by atoms with Gasteiger partial charge in [-0.15, -0.1) is 0 Å². The number of nitrogens with one attached hydrogen (secondary N) is 1. The average Bonchev–Trinajstić information content (AvgIpc) is 2.35. The molecule has 2 rings (SSSR count). The molecule has 0 saturated heterocycles. The molecule has 0 aliphatic rings. The highest BCUT2D eigenvalue weighted by molar-refractivity contribution is 6.29. The van der Waals surface area contributed by atoms with Gasteiger partial charge in [-0.2, -0.15) is 0 Å². The lowest BCUT2D eigenvalue weighted by molar-refractivity contribution is 0.559. The Hall–Kier alpha value is -1.49. The minimum atomic E-state index is -0.444. The summed E-state index contributed by atoms with van der Waals surface area (Å²) in [4.78, 5) is 3.95. The molecule has 0 saturated carbocycles. The number of nitrogens with zero attached hydrogens (tertiary/aromatic N) is 1. The highest BCUT2D eigenvalue weighted by atomic mass is 35.5. The second-order valence-corrected chi connectivity index (χ2v) is 3.92. The number of halogens is 2. The second kappa shape index (κ2) is 5.23. The minimum absolute atomic E-state index is 0.314. The lowest BCUT2D eigenvalue weighted by atomic mass is 10.0. The van der Waals surface area contributed by atoms with E-state index in [-0.39, 0.29) is 5.82 Å². The Morgan fingerprint density at radius 1 is 1.24 bits per heavy atom. The van der Waals surface area contributed by atoms with Gasteiger partial charge in [-0.05, 0) is 17.7 Å². The van der Waals surface area contributed by atoms with Crippen LogP contribution in [0.2, 0.25) is 5.15 Å². The summed E-state index contributed by atoms with van der Waals surface area (Å²) >= 11 is 5.70. The molecule has 0 fully saturated rings. The number of pyridine rings is 1. The van der Waals surface area contributed by atoms with Gasteiger partial charge >= 0.3 is 0 Å². The Morgan fingerprint density at radius 2 is 2.00 bits per heavy atom. The molecule has 0 aliphatic carbocycles. The maximum atomic E-state index is 13.6. The standard InChI is InChI=1S/C12H11ClFN3/c13-11-6-5-8(7-16-11)12(17-15)9-3-1-2-4-10(9)14/h1-7,12,17H,15H2. The summed E-state index contributed by atoms with van der Waals surface area (Å²) < 4.78 is 13.6. The van der Waals surface area contributed by atoms with E-state index in [0.717, 1.165) is 5.56 Å². The maximum absolute atomic E-state index is 13.6. The molecule has 1 heterocycles. The van der Waals surface area contributed by atoms with Crippen molar-refractivity contribution in [1.29, 1.82) is 0 Å². The molecule has 1 aromatic heterocycles. The van der Waals surface area contributed by atoms with E-state index in [1.807, 2.05) is 0 Å². The Labute approximate surface area is 103 Å². The predicted octanol–water partition coefficient (Wildman–Crippen LogP) is 2.43. The number of rotatable bonds is 3. The van der Waals surface area contributed by atoms with Gasteiger partial charge in [-0.25, -0.2) is 14.8 Å². The molecule has 0 aliphatic heterocycles. The van der Waals surface area contributed by atoms with Crippen LogP contribution in [0.1, 0.15) is 17.2 Å². The van der Waals surface area contributed by atoms with Crippen LogP contribution in [0.5, 0.6) is 0 Å². The molecule has 2 aromatic rings. The molecular weight excluding hydrogens is 241 g/mol. The maximum Gasteiger partial charge on any atom is 0.129 e. The molecule has 0 amide bonds. The zero-order valence-corrected chi connectivity index (χ0v) is 9.66. The Morgan fingerprint density at radius 3 is 2.59 bits per heavy atom. The van der Waals surface area contributed by atoms with E-state index in [0.29, 0.717) is 10.7 Å². The summed E-state index contributed by atoms with van der Waals surface area (Å²) in [7, 11) is 0. The number of nitrogens with two attached hydrogens (primary N) is 1. The van der Waals surface area contributed by atoms with E-state index in [1.165, 1.54) is 6.07 Å². The normalized spacial score (nSPS) is 12.4. The van der Waals surface area contributed by atoms with Crippen molar-refractivity contribution in [2.45, 2.75) is 6.04 Å². The fourth-order valence-corrected chi connectivity index (χ4v) is 1.74. The minimum Gasteiger partial charge on any atom is -0.271 e. The number of benzene rings is 1. The smallest absolute Gasteiger partial charge is 0.129 e. The SMILES string of the molecule is NNC(c1ccc(Cl)nc1)c1ccccc1F. The van der Waals surface area contributed by atoms with Gasteiger partial charge in [0.25, 0.3) is 0 Å². The van der Waals surface area contributed by atoms with Gasteiger partial charge in [0, 0.05) is 11.8 Å². The molecule has 5 heteroatoms. The van der Waals surface area contributed by atoms with Crippen molar-refractivity contribution in [3.63, 3.8) is 0 Å². The lowest BCUT2D eigenvalue weighted by Gasteiger charge is -2.17. The number of hydrogen-bond acceptors (Lipinski definition) is 3. The summed E-state index contributed by atoms with van der Waals surface area (Å²) in [6.45, 7) is 0. The molecule has 3 N–H and O–H groups in total. The molecule has 0 spiro atoms. The van der Waals surface area contributed by atoms with E-state index in [1.54, 1.807) is 36.5 Å². The van der Waals surface area contributed by atoms with Crippen LogP contribution in [-0.2, 0) is 0 Å². The quantitative estimate of drug-likeness (QED) is 0.500. The highest BCUT2D eigenvalue weighted by Crippen LogP contribution is 2.23. The van der Waals surface area contributed by atoms with Gasteiger partial charge < -0.3 is 0 Å². The zero-order chi connectivity index (χ0) is 12.3.